The highest BCUT2D eigenvalue weighted by Crippen LogP contribution is 2.32. The zero-order valence-electron chi connectivity index (χ0n) is 10.4. The Bertz CT molecular complexity index is 390. The smallest absolute Gasteiger partial charge is 0.318 e. The molecule has 0 heterocycles. The van der Waals surface area contributed by atoms with Gasteiger partial charge in [0.2, 0.25) is 0 Å². The van der Waals surface area contributed by atoms with Crippen LogP contribution >= 0.6 is 31.9 Å². The SMILES string of the molecule is CCN(CC)c1ccc(C(Br)C(Br)C(=O)O)cc1. The van der Waals surface area contributed by atoms with Crippen LogP contribution in [0.2, 0.25) is 0 Å². The second-order valence-electron chi connectivity index (χ2n) is 3.91. The van der Waals surface area contributed by atoms with Crippen molar-refractivity contribution in [3.63, 3.8) is 0 Å². The van der Waals surface area contributed by atoms with E-state index in [0.717, 1.165) is 24.3 Å². The molecule has 1 N–H and O–H groups in total. The van der Waals surface area contributed by atoms with E-state index in [-0.39, 0.29) is 4.83 Å². The molecule has 1 aromatic rings. The van der Waals surface area contributed by atoms with Crippen molar-refractivity contribution in [1.82, 2.24) is 0 Å². The molecule has 5 heteroatoms. The lowest BCUT2D eigenvalue weighted by Gasteiger charge is -2.22. The maximum atomic E-state index is 10.9. The van der Waals surface area contributed by atoms with Crippen LogP contribution in [-0.4, -0.2) is 29.0 Å². The summed E-state index contributed by atoms with van der Waals surface area (Å²) in [6, 6.07) is 7.98. The maximum Gasteiger partial charge on any atom is 0.318 e. The zero-order valence-corrected chi connectivity index (χ0v) is 13.6. The molecule has 18 heavy (non-hydrogen) atoms. The monoisotopic (exact) mass is 377 g/mol. The van der Waals surface area contributed by atoms with Gasteiger partial charge in [0, 0.05) is 18.8 Å². The lowest BCUT2D eigenvalue weighted by Crippen LogP contribution is -2.22. The summed E-state index contributed by atoms with van der Waals surface area (Å²) >= 11 is 6.57. The summed E-state index contributed by atoms with van der Waals surface area (Å²) < 4.78 is 0. The van der Waals surface area contributed by atoms with Crippen molar-refractivity contribution in [1.29, 1.82) is 0 Å². The summed E-state index contributed by atoms with van der Waals surface area (Å²) in [6.07, 6.45) is 0. The van der Waals surface area contributed by atoms with E-state index in [0.29, 0.717) is 0 Å². The topological polar surface area (TPSA) is 40.5 Å². The summed E-state index contributed by atoms with van der Waals surface area (Å²) in [5, 5.41) is 8.95. The number of rotatable bonds is 6. The molecule has 0 spiro atoms. The van der Waals surface area contributed by atoms with Gasteiger partial charge >= 0.3 is 5.97 Å². The first-order valence-electron chi connectivity index (χ1n) is 5.87. The molecule has 0 amide bonds. The second kappa shape index (κ2) is 7.14. The van der Waals surface area contributed by atoms with Crippen molar-refractivity contribution >= 4 is 43.5 Å². The van der Waals surface area contributed by atoms with Gasteiger partial charge in [0.05, 0.1) is 4.83 Å². The average Bonchev–Trinajstić information content (AvgIpc) is 2.39. The molecule has 1 aromatic carbocycles. The van der Waals surface area contributed by atoms with Gasteiger partial charge in [-0.25, -0.2) is 0 Å². The van der Waals surface area contributed by atoms with Crippen LogP contribution in [0.15, 0.2) is 24.3 Å². The predicted octanol–water partition coefficient (Wildman–Crippen LogP) is 3.82. The normalized spacial score (nSPS) is 14.0. The molecule has 0 bridgehead atoms. The van der Waals surface area contributed by atoms with E-state index >= 15 is 0 Å². The number of carbonyl (C=O) groups is 1. The molecule has 0 radical (unpaired) electrons. The molecule has 0 saturated carbocycles. The van der Waals surface area contributed by atoms with Crippen LogP contribution in [0.1, 0.15) is 24.2 Å². The van der Waals surface area contributed by atoms with E-state index in [1.54, 1.807) is 0 Å². The largest absolute Gasteiger partial charge is 0.480 e. The third-order valence-electron chi connectivity index (χ3n) is 2.83. The summed E-state index contributed by atoms with van der Waals surface area (Å²) in [4.78, 5) is 12.3. The minimum atomic E-state index is -0.871. The summed E-state index contributed by atoms with van der Waals surface area (Å²) in [5.74, 6) is -0.871. The fourth-order valence-electron chi connectivity index (χ4n) is 1.75. The van der Waals surface area contributed by atoms with Crippen LogP contribution in [0.3, 0.4) is 0 Å². The first-order chi connectivity index (χ1) is 8.51. The fourth-order valence-corrected chi connectivity index (χ4v) is 2.59. The van der Waals surface area contributed by atoms with Crippen LogP contribution in [0.5, 0.6) is 0 Å². The molecular formula is C13H17Br2NO2. The molecule has 0 saturated heterocycles. The molecule has 2 unspecified atom stereocenters. The highest BCUT2D eigenvalue weighted by atomic mass is 79.9. The molecule has 0 aliphatic carbocycles. The van der Waals surface area contributed by atoms with E-state index in [1.165, 1.54) is 0 Å². The van der Waals surface area contributed by atoms with Crippen molar-refractivity contribution in [3.8, 4) is 0 Å². The molecule has 1 rings (SSSR count). The van der Waals surface area contributed by atoms with Crippen molar-refractivity contribution in [2.75, 3.05) is 18.0 Å². The Morgan fingerprint density at radius 1 is 1.22 bits per heavy atom. The number of benzene rings is 1. The number of carboxylic acids is 1. The quantitative estimate of drug-likeness (QED) is 0.765. The van der Waals surface area contributed by atoms with Gasteiger partial charge in [-0.15, -0.1) is 0 Å². The van der Waals surface area contributed by atoms with Gasteiger partial charge in [-0.3, -0.25) is 4.79 Å². The number of alkyl halides is 2. The van der Waals surface area contributed by atoms with Gasteiger partial charge in [0.1, 0.15) is 4.83 Å². The minimum absolute atomic E-state index is 0.235. The van der Waals surface area contributed by atoms with Crippen LogP contribution < -0.4 is 4.90 Å². The van der Waals surface area contributed by atoms with Crippen LogP contribution in [0.25, 0.3) is 0 Å². The molecule has 0 aliphatic heterocycles. The van der Waals surface area contributed by atoms with Gasteiger partial charge in [-0.2, -0.15) is 0 Å². The molecule has 0 fully saturated rings. The molecule has 2 atom stereocenters. The first kappa shape index (κ1) is 15.5. The molecule has 100 valence electrons. The average molecular weight is 379 g/mol. The Morgan fingerprint density at radius 2 is 1.72 bits per heavy atom. The number of aliphatic carboxylic acids is 1. The Kier molecular flexibility index (Phi) is 6.15. The number of hydrogen-bond acceptors (Lipinski definition) is 2. The summed E-state index contributed by atoms with van der Waals surface area (Å²) in [6.45, 7) is 6.15. The minimum Gasteiger partial charge on any atom is -0.480 e. The number of carboxylic acid groups (broad SMARTS) is 1. The van der Waals surface area contributed by atoms with Crippen molar-refractivity contribution in [3.05, 3.63) is 29.8 Å². The van der Waals surface area contributed by atoms with Crippen LogP contribution in [0, 0.1) is 0 Å². The number of anilines is 1. The number of halogens is 2. The lowest BCUT2D eigenvalue weighted by molar-refractivity contribution is -0.136. The van der Waals surface area contributed by atoms with Gasteiger partial charge in [-0.1, -0.05) is 44.0 Å². The second-order valence-corrected chi connectivity index (χ2v) is 5.88. The van der Waals surface area contributed by atoms with Crippen molar-refractivity contribution in [2.24, 2.45) is 0 Å². The molecule has 3 nitrogen and oxygen atoms in total. The number of nitrogens with zero attached hydrogens (tertiary/aromatic N) is 1. The third-order valence-corrected chi connectivity index (χ3v) is 5.52. The Morgan fingerprint density at radius 3 is 2.11 bits per heavy atom. The highest BCUT2D eigenvalue weighted by Gasteiger charge is 2.24. The van der Waals surface area contributed by atoms with Gasteiger partial charge < -0.3 is 10.0 Å². The van der Waals surface area contributed by atoms with Crippen molar-refractivity contribution in [2.45, 2.75) is 23.5 Å². The van der Waals surface area contributed by atoms with E-state index in [4.69, 9.17) is 5.11 Å². The Balaban J connectivity index is 2.85. The highest BCUT2D eigenvalue weighted by molar-refractivity contribution is 9.12. The summed E-state index contributed by atoms with van der Waals surface area (Å²) in [5.41, 5.74) is 2.11. The van der Waals surface area contributed by atoms with E-state index in [1.807, 2.05) is 24.3 Å². The molecule has 0 aromatic heterocycles. The maximum absolute atomic E-state index is 10.9. The summed E-state index contributed by atoms with van der Waals surface area (Å²) in [7, 11) is 0. The number of hydrogen-bond donors (Lipinski definition) is 1. The van der Waals surface area contributed by atoms with Crippen LogP contribution in [0.4, 0.5) is 5.69 Å². The molecule has 0 aliphatic rings. The van der Waals surface area contributed by atoms with E-state index < -0.39 is 10.8 Å². The molecular weight excluding hydrogens is 362 g/mol. The Hall–Kier alpha value is -0.550. The first-order valence-corrected chi connectivity index (χ1v) is 7.70. The van der Waals surface area contributed by atoms with E-state index in [2.05, 4.69) is 50.6 Å². The van der Waals surface area contributed by atoms with Gasteiger partial charge in [0.15, 0.2) is 0 Å². The lowest BCUT2D eigenvalue weighted by atomic mass is 10.1. The fraction of sp³-hybridized carbons (Fsp3) is 0.462. The van der Waals surface area contributed by atoms with E-state index in [9.17, 15) is 4.79 Å². The van der Waals surface area contributed by atoms with Gasteiger partial charge in [0.25, 0.3) is 0 Å². The Labute approximate surface area is 124 Å². The predicted molar refractivity (Wildman–Crippen MR) is 82.0 cm³/mol. The van der Waals surface area contributed by atoms with Crippen molar-refractivity contribution < 1.29 is 9.90 Å². The standard InChI is InChI=1S/C13H17Br2NO2/c1-3-16(4-2)10-7-5-9(6-8-10)11(14)12(15)13(17)18/h5-8,11-12H,3-4H2,1-2H3,(H,17,18). The third kappa shape index (κ3) is 3.72. The van der Waals surface area contributed by atoms with Crippen LogP contribution in [-0.2, 0) is 4.79 Å². The van der Waals surface area contributed by atoms with Gasteiger partial charge in [-0.05, 0) is 31.5 Å². The zero-order chi connectivity index (χ0) is 13.7.